The minimum Gasteiger partial charge on any atom is -0.287 e. The van der Waals surface area contributed by atoms with E-state index in [9.17, 15) is 115 Å². The predicted molar refractivity (Wildman–Crippen MR) is 253 cm³/mol. The molecule has 0 atom stereocenters. The Morgan fingerprint density at radius 3 is 1.02 bits per heavy atom. The summed E-state index contributed by atoms with van der Waals surface area (Å²) in [5, 5.41) is 1.88. The van der Waals surface area contributed by atoms with Crippen molar-refractivity contribution in [1.29, 1.82) is 0 Å². The molecule has 0 unspecified atom stereocenters. The molecule has 0 saturated carbocycles. The second-order valence-corrected chi connectivity index (χ2v) is 18.5. The largest absolute Gasteiger partial charge is 0.416 e. The highest BCUT2D eigenvalue weighted by Crippen LogP contribution is 2.41. The molecule has 0 N–H and O–H groups in total. The lowest BCUT2D eigenvalue weighted by Gasteiger charge is -2.46. The maximum Gasteiger partial charge on any atom is 0.416 e. The molecule has 7 aromatic carbocycles. The summed E-state index contributed by atoms with van der Waals surface area (Å²) in [6.07, 6.45) is -50.0. The van der Waals surface area contributed by atoms with Crippen molar-refractivity contribution in [2.75, 3.05) is 0 Å². The number of alkyl halides is 24. The fourth-order valence-corrected chi connectivity index (χ4v) is 9.22. The molecule has 0 fully saturated rings. The number of ketones is 2. The second-order valence-electron chi connectivity index (χ2n) is 18.5. The first kappa shape index (κ1) is 63.2. The number of rotatable bonds is 9. The van der Waals surface area contributed by atoms with E-state index in [2.05, 4.69) is 4.98 Å². The van der Waals surface area contributed by atoms with Crippen LogP contribution in [0, 0.1) is 0 Å². The number of benzene rings is 7. The molecule has 1 heterocycles. The second kappa shape index (κ2) is 22.3. The highest BCUT2D eigenvalue weighted by molar-refractivity contribution is 7.20. The summed E-state index contributed by atoms with van der Waals surface area (Å²) in [6, 6.07) is 13.7. The van der Waals surface area contributed by atoms with Crippen LogP contribution in [0.25, 0.3) is 10.8 Å². The van der Waals surface area contributed by atoms with Crippen molar-refractivity contribution in [3.63, 3.8) is 0 Å². The summed E-state index contributed by atoms with van der Waals surface area (Å²) >= 11 is 0. The average Bonchev–Trinajstić information content (AvgIpc) is 1.13. The highest BCUT2D eigenvalue weighted by atomic mass is 19.4. The number of hydrogen-bond acceptors (Lipinski definition) is 3. The fourth-order valence-electron chi connectivity index (χ4n) is 9.22. The minimum absolute atomic E-state index is 0.0567. The number of Topliss-reactive ketones (excluding diaryl/α,β-unsaturated/α-hetero) is 1. The Labute approximate surface area is 455 Å². The molecular formula is C55H29BF24N2O2. The number of carbonyl (C=O) groups is 2. The zero-order valence-electron chi connectivity index (χ0n) is 41.2. The van der Waals surface area contributed by atoms with E-state index in [4.69, 9.17) is 0 Å². The van der Waals surface area contributed by atoms with Crippen LogP contribution in [0.5, 0.6) is 0 Å². The summed E-state index contributed by atoms with van der Waals surface area (Å²) in [6.45, 7) is 0.0817. The van der Waals surface area contributed by atoms with E-state index < -0.39 is 195 Å². The molecule has 0 radical (unpaired) electrons. The minimum atomic E-state index is -6.13. The van der Waals surface area contributed by atoms with Crippen LogP contribution in [-0.2, 0) is 56.0 Å². The standard InChI is InChI=1S/C32H12BF24.C23H17N2O2/c34-25(35,36)13-1-14(26(37,38)39)6-21(5-13)33(22-7-15(27(40,41)42)2-16(8-22)28(43,44)45,23-9-17(29(46,47)48)3-18(10-23)30(49,50)51)24-11-19(31(52,53)54)4-20(12-24)32(55,56)57;26-22(18-8-2-1-3-9-18)16-25-14-13-24-15-21(25)23(27)20-12-6-10-17-7-4-5-11-19(17)20/h1-12H;1-15H,16H2/q-1;+1. The molecule has 1 aromatic heterocycles. The number of nitrogens with zero attached hydrogens (tertiary/aromatic N) is 2. The van der Waals surface area contributed by atoms with Crippen molar-refractivity contribution < 1.29 is 120 Å². The van der Waals surface area contributed by atoms with Gasteiger partial charge in [0.2, 0.25) is 12.3 Å². The van der Waals surface area contributed by atoms with Crippen LogP contribution in [0.1, 0.15) is 70.9 Å². The van der Waals surface area contributed by atoms with Crippen molar-refractivity contribution in [2.24, 2.45) is 0 Å². The first-order valence-electron chi connectivity index (χ1n) is 23.3. The number of halogens is 24. The first-order chi connectivity index (χ1) is 38.5. The van der Waals surface area contributed by atoms with Gasteiger partial charge in [-0.3, -0.25) is 14.6 Å². The van der Waals surface area contributed by atoms with E-state index in [1.807, 2.05) is 54.6 Å². The monoisotopic (exact) mass is 1220 g/mol. The third kappa shape index (κ3) is 13.8. The van der Waals surface area contributed by atoms with E-state index >= 15 is 0 Å². The van der Waals surface area contributed by atoms with Crippen LogP contribution in [0.3, 0.4) is 0 Å². The predicted octanol–water partition coefficient (Wildman–Crippen LogP) is 14.9. The van der Waals surface area contributed by atoms with Gasteiger partial charge in [-0.05, 0) is 35.0 Å². The van der Waals surface area contributed by atoms with Crippen molar-refractivity contribution in [3.8, 4) is 0 Å². The Hall–Kier alpha value is -8.40. The first-order valence-corrected chi connectivity index (χ1v) is 23.3. The van der Waals surface area contributed by atoms with Gasteiger partial charge in [0.15, 0.2) is 6.20 Å². The Kier molecular flexibility index (Phi) is 16.8. The van der Waals surface area contributed by atoms with Gasteiger partial charge in [0.25, 0.3) is 11.5 Å². The molecule has 0 aliphatic carbocycles. The summed E-state index contributed by atoms with van der Waals surface area (Å²) < 4.78 is 342. The molecule has 0 amide bonds. The summed E-state index contributed by atoms with van der Waals surface area (Å²) in [7, 11) is 0. The molecule has 0 aliphatic rings. The van der Waals surface area contributed by atoms with Gasteiger partial charge >= 0.3 is 49.4 Å². The van der Waals surface area contributed by atoms with Gasteiger partial charge in [0.05, 0.1) is 50.7 Å². The molecule has 8 aromatic rings. The summed E-state index contributed by atoms with van der Waals surface area (Å²) in [4.78, 5) is 29.9. The molecule has 8 rings (SSSR count). The van der Waals surface area contributed by atoms with Crippen LogP contribution in [0.15, 0.2) is 164 Å². The van der Waals surface area contributed by atoms with Gasteiger partial charge in [-0.25, -0.2) is 0 Å². The lowest BCUT2D eigenvalue weighted by atomic mass is 9.12. The Balaban J connectivity index is 0.000000309. The van der Waals surface area contributed by atoms with Crippen LogP contribution in [0.2, 0.25) is 0 Å². The zero-order chi connectivity index (χ0) is 62.6. The molecule has 0 bridgehead atoms. The third-order valence-electron chi connectivity index (χ3n) is 13.0. The number of hydrogen-bond donors (Lipinski definition) is 0. The zero-order valence-corrected chi connectivity index (χ0v) is 41.2. The molecule has 29 heteroatoms. The lowest BCUT2D eigenvalue weighted by molar-refractivity contribution is -0.685. The molecule has 0 aliphatic heterocycles. The Morgan fingerprint density at radius 2 is 0.690 bits per heavy atom. The molecule has 84 heavy (non-hydrogen) atoms. The number of carbonyl (C=O) groups excluding carboxylic acids is 2. The fraction of sp³-hybridized carbons (Fsp3) is 0.164. The van der Waals surface area contributed by atoms with Crippen molar-refractivity contribution in [3.05, 3.63) is 226 Å². The van der Waals surface area contributed by atoms with Gasteiger partial charge in [-0.2, -0.15) is 132 Å². The molecule has 0 saturated heterocycles. The van der Waals surface area contributed by atoms with E-state index in [1.165, 1.54) is 6.20 Å². The molecule has 4 nitrogen and oxygen atoms in total. The Morgan fingerprint density at radius 1 is 0.381 bits per heavy atom. The number of aromatic nitrogens is 2. The quantitative estimate of drug-likeness (QED) is 0.0626. The van der Waals surface area contributed by atoms with Crippen LogP contribution in [0.4, 0.5) is 105 Å². The van der Waals surface area contributed by atoms with Crippen LogP contribution < -0.4 is 26.4 Å². The Bertz CT molecular complexity index is 3320. The normalized spacial score (nSPS) is 13.1. The van der Waals surface area contributed by atoms with Crippen LogP contribution >= 0.6 is 0 Å². The van der Waals surface area contributed by atoms with Gasteiger partial charge in [0, 0.05) is 11.1 Å². The molecule has 442 valence electrons. The lowest BCUT2D eigenvalue weighted by Crippen LogP contribution is -2.75. The molecular weight excluding hydrogens is 1190 g/mol. The average molecular weight is 1220 g/mol. The van der Waals surface area contributed by atoms with E-state index in [1.54, 1.807) is 35.2 Å². The van der Waals surface area contributed by atoms with Gasteiger partial charge in [0.1, 0.15) is 12.3 Å². The third-order valence-corrected chi connectivity index (χ3v) is 13.0. The van der Waals surface area contributed by atoms with E-state index in [0.29, 0.717) is 16.8 Å². The van der Waals surface area contributed by atoms with E-state index in [0.717, 1.165) is 10.8 Å². The summed E-state index contributed by atoms with van der Waals surface area (Å²) in [5.74, 6) is -0.209. The van der Waals surface area contributed by atoms with Crippen molar-refractivity contribution >= 4 is 50.3 Å². The van der Waals surface area contributed by atoms with Gasteiger partial charge < -0.3 is 0 Å². The summed E-state index contributed by atoms with van der Waals surface area (Å²) in [5.41, 5.74) is -28.6. The topological polar surface area (TPSA) is 50.9 Å². The van der Waals surface area contributed by atoms with Crippen molar-refractivity contribution in [1.82, 2.24) is 4.98 Å². The highest BCUT2D eigenvalue weighted by Gasteiger charge is 2.47. The van der Waals surface area contributed by atoms with Gasteiger partial charge in [-0.1, -0.05) is 121 Å². The molecule has 0 spiro atoms. The smallest absolute Gasteiger partial charge is 0.287 e. The van der Waals surface area contributed by atoms with Gasteiger partial charge in [-0.15, -0.1) is 0 Å². The van der Waals surface area contributed by atoms with Crippen molar-refractivity contribution in [2.45, 2.75) is 56.0 Å². The number of fused-ring (bicyclic) bond motifs is 1. The van der Waals surface area contributed by atoms with E-state index in [-0.39, 0.29) is 18.1 Å². The SMILES string of the molecule is FC(F)(F)c1cc([B-](c2cc(C(F)(F)F)cc(C(F)(F)F)c2)(c2cc(C(F)(F)F)cc(C(F)(F)F)c2)c2cc(C(F)(F)F)cc(C(F)(F)F)c2)cc(C(F)(F)F)c1.O=C(C[n+]1ccncc1C(=O)c1cccc2ccccc12)c1ccccc1. The van der Waals surface area contributed by atoms with Crippen LogP contribution in [-0.4, -0.2) is 22.7 Å². The maximum absolute atomic E-state index is 14.2. The maximum atomic E-state index is 14.2.